The van der Waals surface area contributed by atoms with Gasteiger partial charge in [-0.3, -0.25) is 4.79 Å². The van der Waals surface area contributed by atoms with Crippen LogP contribution in [0.1, 0.15) is 58.1 Å². The van der Waals surface area contributed by atoms with Gasteiger partial charge in [0.1, 0.15) is 0 Å². The summed E-state index contributed by atoms with van der Waals surface area (Å²) in [6.45, 7) is 8.91. The molecular weight excluding hydrogens is 344 g/mol. The Balaban J connectivity index is 2.43. The number of carboxylic acid groups (broad SMARTS) is 1. The van der Waals surface area contributed by atoms with Gasteiger partial charge in [-0.1, -0.05) is 101 Å². The van der Waals surface area contributed by atoms with Crippen molar-refractivity contribution in [1.82, 2.24) is 0 Å². The zero-order valence-electron chi connectivity index (χ0n) is 17.9. The third kappa shape index (κ3) is 5.25. The van der Waals surface area contributed by atoms with E-state index in [0.717, 1.165) is 31.2 Å². The molecule has 2 rings (SSSR count). The van der Waals surface area contributed by atoms with Gasteiger partial charge in [-0.2, -0.15) is 0 Å². The molecule has 2 aromatic carbocycles. The van der Waals surface area contributed by atoms with Gasteiger partial charge in [-0.05, 0) is 47.6 Å². The normalized spacial score (nSPS) is 15.8. The Kier molecular flexibility index (Phi) is 8.29. The number of aliphatic carboxylic acids is 1. The lowest BCUT2D eigenvalue weighted by Crippen LogP contribution is -2.46. The van der Waals surface area contributed by atoms with Gasteiger partial charge >= 0.3 is 5.97 Å². The molecule has 0 amide bonds. The zero-order valence-corrected chi connectivity index (χ0v) is 17.9. The second-order valence-electron chi connectivity index (χ2n) is 8.52. The van der Waals surface area contributed by atoms with E-state index in [0.29, 0.717) is 18.3 Å². The van der Waals surface area contributed by atoms with Gasteiger partial charge in [0.05, 0.1) is 5.92 Å². The first kappa shape index (κ1) is 22.2. The molecule has 0 spiro atoms. The fourth-order valence-corrected chi connectivity index (χ4v) is 5.09. The first-order valence-electron chi connectivity index (χ1n) is 10.7. The maximum Gasteiger partial charge on any atom is 0.307 e. The quantitative estimate of drug-likeness (QED) is 0.474. The zero-order chi connectivity index (χ0) is 20.6. The predicted molar refractivity (Wildman–Crippen MR) is 117 cm³/mol. The smallest absolute Gasteiger partial charge is 0.307 e. The Hall–Kier alpha value is -2.09. The number of carboxylic acids is 1. The minimum atomic E-state index is -0.659. The van der Waals surface area contributed by atoms with Crippen LogP contribution in [0, 0.1) is 23.2 Å². The third-order valence-electron chi connectivity index (χ3n) is 6.63. The number of benzene rings is 2. The van der Waals surface area contributed by atoms with Gasteiger partial charge in [0.2, 0.25) is 0 Å². The summed E-state index contributed by atoms with van der Waals surface area (Å²) in [4.78, 5) is 12.6. The number of rotatable bonds is 11. The molecule has 28 heavy (non-hydrogen) atoms. The van der Waals surface area contributed by atoms with Crippen LogP contribution < -0.4 is 0 Å². The average Bonchev–Trinajstić information content (AvgIpc) is 2.69. The molecule has 0 radical (unpaired) electrons. The first-order chi connectivity index (χ1) is 13.4. The number of carbonyl (C=O) groups is 1. The maximum atomic E-state index is 12.6. The average molecular weight is 381 g/mol. The summed E-state index contributed by atoms with van der Waals surface area (Å²) in [5.41, 5.74) is 2.16. The van der Waals surface area contributed by atoms with Crippen molar-refractivity contribution in [2.45, 2.75) is 59.8 Å². The second-order valence-corrected chi connectivity index (χ2v) is 8.52. The van der Waals surface area contributed by atoms with Crippen LogP contribution in [0.2, 0.25) is 0 Å². The standard InChI is InChI=1S/C26H36O2/c1-5-12-21(4)26(20(2)3,18-17-22-13-8-6-9-14-22)24(25(27)28)19-23-15-10-7-11-16-23/h6-11,13-16,20-21,24H,5,12,17-19H2,1-4H3,(H,27,28). The van der Waals surface area contributed by atoms with Crippen molar-refractivity contribution >= 4 is 5.97 Å². The van der Waals surface area contributed by atoms with E-state index in [2.05, 4.69) is 64.1 Å². The lowest BCUT2D eigenvalue weighted by Gasteiger charge is -2.47. The molecule has 0 aromatic heterocycles. The van der Waals surface area contributed by atoms with Crippen LogP contribution in [-0.4, -0.2) is 11.1 Å². The fourth-order valence-electron chi connectivity index (χ4n) is 5.09. The molecule has 0 heterocycles. The molecule has 3 atom stereocenters. The van der Waals surface area contributed by atoms with E-state index in [1.165, 1.54) is 5.56 Å². The van der Waals surface area contributed by atoms with Crippen molar-refractivity contribution in [2.24, 2.45) is 23.2 Å². The van der Waals surface area contributed by atoms with Crippen LogP contribution in [0.25, 0.3) is 0 Å². The molecular formula is C26H36O2. The lowest BCUT2D eigenvalue weighted by atomic mass is 9.56. The molecule has 0 bridgehead atoms. The number of hydrogen-bond donors (Lipinski definition) is 1. The van der Waals surface area contributed by atoms with Gasteiger partial charge in [-0.25, -0.2) is 0 Å². The fraction of sp³-hybridized carbons (Fsp3) is 0.500. The lowest BCUT2D eigenvalue weighted by molar-refractivity contribution is -0.152. The van der Waals surface area contributed by atoms with Crippen LogP contribution in [0.5, 0.6) is 0 Å². The highest BCUT2D eigenvalue weighted by atomic mass is 16.4. The molecule has 2 nitrogen and oxygen atoms in total. The topological polar surface area (TPSA) is 37.3 Å². The molecule has 152 valence electrons. The molecule has 0 aliphatic carbocycles. The number of hydrogen-bond acceptors (Lipinski definition) is 1. The largest absolute Gasteiger partial charge is 0.481 e. The molecule has 0 saturated carbocycles. The Bertz CT molecular complexity index is 708. The molecule has 0 saturated heterocycles. The van der Waals surface area contributed by atoms with Crippen LogP contribution in [0.4, 0.5) is 0 Å². The SMILES string of the molecule is CCCC(C)C(CCc1ccccc1)(C(C)C)C(Cc1ccccc1)C(=O)O. The van der Waals surface area contributed by atoms with Crippen LogP contribution in [0.3, 0.4) is 0 Å². The van der Waals surface area contributed by atoms with E-state index < -0.39 is 5.97 Å². The molecule has 1 N–H and O–H groups in total. The molecule has 3 unspecified atom stereocenters. The van der Waals surface area contributed by atoms with E-state index >= 15 is 0 Å². The summed E-state index contributed by atoms with van der Waals surface area (Å²) in [7, 11) is 0. The van der Waals surface area contributed by atoms with Gasteiger partial charge in [-0.15, -0.1) is 0 Å². The van der Waals surface area contributed by atoms with Crippen LogP contribution in [0.15, 0.2) is 60.7 Å². The molecule has 0 aliphatic rings. The summed E-state index contributed by atoms with van der Waals surface area (Å²) in [6, 6.07) is 20.6. The summed E-state index contributed by atoms with van der Waals surface area (Å²) < 4.78 is 0. The Labute approximate surface area is 171 Å². The van der Waals surface area contributed by atoms with Crippen molar-refractivity contribution in [1.29, 1.82) is 0 Å². The monoisotopic (exact) mass is 380 g/mol. The van der Waals surface area contributed by atoms with Crippen molar-refractivity contribution < 1.29 is 9.90 Å². The molecule has 2 heteroatoms. The van der Waals surface area contributed by atoms with E-state index in [9.17, 15) is 9.90 Å². The summed E-state index contributed by atoms with van der Waals surface area (Å²) in [6.07, 6.45) is 4.56. The van der Waals surface area contributed by atoms with Crippen molar-refractivity contribution in [2.75, 3.05) is 0 Å². The first-order valence-corrected chi connectivity index (χ1v) is 10.7. The summed E-state index contributed by atoms with van der Waals surface area (Å²) in [5.74, 6) is -0.401. The van der Waals surface area contributed by atoms with Gasteiger partial charge in [0.25, 0.3) is 0 Å². The Morgan fingerprint density at radius 1 is 0.929 bits per heavy atom. The van der Waals surface area contributed by atoms with Crippen LogP contribution in [-0.2, 0) is 17.6 Å². The van der Waals surface area contributed by atoms with Gasteiger partial charge in [0, 0.05) is 0 Å². The highest BCUT2D eigenvalue weighted by molar-refractivity contribution is 5.71. The Morgan fingerprint density at radius 2 is 1.46 bits per heavy atom. The van der Waals surface area contributed by atoms with E-state index in [1.54, 1.807) is 0 Å². The summed E-state index contributed by atoms with van der Waals surface area (Å²) >= 11 is 0. The Morgan fingerprint density at radius 3 is 1.93 bits per heavy atom. The van der Waals surface area contributed by atoms with E-state index in [1.807, 2.05) is 24.3 Å². The highest BCUT2D eigenvalue weighted by Crippen LogP contribution is 2.50. The molecule has 2 aromatic rings. The van der Waals surface area contributed by atoms with Crippen molar-refractivity contribution in [3.63, 3.8) is 0 Å². The van der Waals surface area contributed by atoms with Gasteiger partial charge < -0.3 is 5.11 Å². The van der Waals surface area contributed by atoms with Crippen molar-refractivity contribution in [3.05, 3.63) is 71.8 Å². The van der Waals surface area contributed by atoms with Crippen LogP contribution >= 0.6 is 0 Å². The predicted octanol–water partition coefficient (Wildman–Crippen LogP) is 6.64. The minimum Gasteiger partial charge on any atom is -0.481 e. The molecule has 0 aliphatic heterocycles. The maximum absolute atomic E-state index is 12.6. The second kappa shape index (κ2) is 10.5. The van der Waals surface area contributed by atoms with E-state index in [4.69, 9.17) is 0 Å². The third-order valence-corrected chi connectivity index (χ3v) is 6.63. The van der Waals surface area contributed by atoms with Crippen molar-refractivity contribution in [3.8, 4) is 0 Å². The molecule has 0 fully saturated rings. The highest BCUT2D eigenvalue weighted by Gasteiger charge is 2.48. The van der Waals surface area contributed by atoms with Gasteiger partial charge in [0.15, 0.2) is 0 Å². The van der Waals surface area contributed by atoms with E-state index in [-0.39, 0.29) is 11.3 Å². The minimum absolute atomic E-state index is 0.243. The summed E-state index contributed by atoms with van der Waals surface area (Å²) in [5, 5.41) is 10.3. The number of aryl methyl sites for hydroxylation is 1.